The van der Waals surface area contributed by atoms with Crippen LogP contribution in [-0.2, 0) is 0 Å². The highest BCUT2D eigenvalue weighted by Crippen LogP contribution is 2.33. The summed E-state index contributed by atoms with van der Waals surface area (Å²) in [6.45, 7) is 0. The van der Waals surface area contributed by atoms with Crippen LogP contribution in [0, 0.1) is 0 Å². The molecule has 0 bridgehead atoms. The van der Waals surface area contributed by atoms with Gasteiger partial charge in [-0.3, -0.25) is 0 Å². The molecule has 2 aromatic rings. The summed E-state index contributed by atoms with van der Waals surface area (Å²) in [6.07, 6.45) is 1.67. The van der Waals surface area contributed by atoms with E-state index in [2.05, 4.69) is 4.98 Å². The number of methoxy groups -OCH3 is 2. The monoisotopic (exact) mass is 230 g/mol. The molecule has 0 saturated heterocycles. The van der Waals surface area contributed by atoms with E-state index in [4.69, 9.17) is 15.2 Å². The van der Waals surface area contributed by atoms with Crippen molar-refractivity contribution in [2.45, 2.75) is 0 Å². The second-order valence-corrected chi connectivity index (χ2v) is 3.54. The average Bonchev–Trinajstić information content (AvgIpc) is 2.38. The van der Waals surface area contributed by atoms with Crippen LogP contribution >= 0.6 is 0 Å². The van der Waals surface area contributed by atoms with Gasteiger partial charge < -0.3 is 15.2 Å². The highest BCUT2D eigenvalue weighted by molar-refractivity contribution is 5.72. The second kappa shape index (κ2) is 4.74. The molecule has 2 N–H and O–H groups in total. The lowest BCUT2D eigenvalue weighted by Crippen LogP contribution is -1.93. The maximum atomic E-state index is 5.67. The molecule has 1 heterocycles. The summed E-state index contributed by atoms with van der Waals surface area (Å²) < 4.78 is 10.5. The van der Waals surface area contributed by atoms with Gasteiger partial charge in [-0.15, -0.1) is 0 Å². The van der Waals surface area contributed by atoms with Crippen LogP contribution in [0.2, 0.25) is 0 Å². The van der Waals surface area contributed by atoms with Gasteiger partial charge in [-0.05, 0) is 29.8 Å². The minimum Gasteiger partial charge on any atom is -0.497 e. The molecule has 4 nitrogen and oxygen atoms in total. The Bertz CT molecular complexity index is 527. The molecule has 0 fully saturated rings. The van der Waals surface area contributed by atoms with Crippen LogP contribution in [0.5, 0.6) is 11.5 Å². The zero-order valence-corrected chi connectivity index (χ0v) is 9.81. The van der Waals surface area contributed by atoms with Crippen molar-refractivity contribution in [3.63, 3.8) is 0 Å². The molecule has 88 valence electrons. The first-order valence-corrected chi connectivity index (χ1v) is 5.18. The van der Waals surface area contributed by atoms with Gasteiger partial charge >= 0.3 is 0 Å². The summed E-state index contributed by atoms with van der Waals surface area (Å²) >= 11 is 0. The molecule has 0 aliphatic heterocycles. The molecule has 0 aliphatic carbocycles. The highest BCUT2D eigenvalue weighted by Gasteiger charge is 2.07. The predicted molar refractivity (Wildman–Crippen MR) is 67.2 cm³/mol. The summed E-state index contributed by atoms with van der Waals surface area (Å²) in [5.41, 5.74) is 7.60. The van der Waals surface area contributed by atoms with E-state index in [0.29, 0.717) is 5.82 Å². The average molecular weight is 230 g/mol. The van der Waals surface area contributed by atoms with Gasteiger partial charge in [0.2, 0.25) is 0 Å². The Labute approximate surface area is 100 Å². The Morgan fingerprint density at radius 2 is 1.88 bits per heavy atom. The first kappa shape index (κ1) is 11.3. The van der Waals surface area contributed by atoms with Gasteiger partial charge in [-0.2, -0.15) is 0 Å². The van der Waals surface area contributed by atoms with E-state index in [1.165, 1.54) is 0 Å². The number of nitrogens with zero attached hydrogens (tertiary/aromatic N) is 1. The van der Waals surface area contributed by atoms with Gasteiger partial charge in [0, 0.05) is 17.8 Å². The number of rotatable bonds is 3. The molecule has 0 aliphatic rings. The van der Waals surface area contributed by atoms with Gasteiger partial charge in [0.05, 0.1) is 14.2 Å². The predicted octanol–water partition coefficient (Wildman–Crippen LogP) is 2.35. The maximum Gasteiger partial charge on any atom is 0.130 e. The molecule has 0 saturated carbocycles. The van der Waals surface area contributed by atoms with Crippen LogP contribution in [-0.4, -0.2) is 19.2 Å². The summed E-state index contributed by atoms with van der Waals surface area (Å²) in [4.78, 5) is 3.97. The third-order valence-corrected chi connectivity index (χ3v) is 2.50. The number of ether oxygens (including phenoxy) is 2. The van der Waals surface area contributed by atoms with E-state index >= 15 is 0 Å². The number of hydrogen-bond donors (Lipinski definition) is 1. The molecule has 1 aromatic carbocycles. The number of benzene rings is 1. The molecular weight excluding hydrogens is 216 g/mol. The molecule has 0 spiro atoms. The van der Waals surface area contributed by atoms with Crippen LogP contribution in [0.3, 0.4) is 0 Å². The van der Waals surface area contributed by atoms with Gasteiger partial charge in [-0.25, -0.2) is 4.98 Å². The normalized spacial score (nSPS) is 10.0. The van der Waals surface area contributed by atoms with Crippen LogP contribution in [0.4, 0.5) is 5.82 Å². The third-order valence-electron chi connectivity index (χ3n) is 2.50. The van der Waals surface area contributed by atoms with Crippen LogP contribution in [0.25, 0.3) is 11.1 Å². The Kier molecular flexibility index (Phi) is 3.14. The summed E-state index contributed by atoms with van der Waals surface area (Å²) in [6, 6.07) is 9.36. The summed E-state index contributed by atoms with van der Waals surface area (Å²) in [5, 5.41) is 0. The van der Waals surface area contributed by atoms with Crippen molar-refractivity contribution in [3.8, 4) is 22.6 Å². The molecule has 0 amide bonds. The lowest BCUT2D eigenvalue weighted by molar-refractivity contribution is 0.395. The Balaban J connectivity index is 2.51. The second-order valence-electron chi connectivity index (χ2n) is 3.54. The van der Waals surface area contributed by atoms with Gasteiger partial charge in [0.1, 0.15) is 17.3 Å². The number of pyridine rings is 1. The number of hydrogen-bond acceptors (Lipinski definition) is 4. The molecule has 17 heavy (non-hydrogen) atoms. The van der Waals surface area contributed by atoms with Crippen molar-refractivity contribution in [1.29, 1.82) is 0 Å². The Hall–Kier alpha value is -2.23. The lowest BCUT2D eigenvalue weighted by atomic mass is 10.1. The summed E-state index contributed by atoms with van der Waals surface area (Å²) in [5.74, 6) is 1.99. The molecule has 0 atom stereocenters. The standard InChI is InChI=1S/C13H14N2O2/c1-16-10-3-4-11(12(8-10)17-2)9-5-6-15-13(14)7-9/h3-8H,1-2H3,(H2,14,15). The maximum absolute atomic E-state index is 5.67. The fraction of sp³-hybridized carbons (Fsp3) is 0.154. The third kappa shape index (κ3) is 2.30. The smallest absolute Gasteiger partial charge is 0.130 e. The van der Waals surface area contributed by atoms with Crippen molar-refractivity contribution < 1.29 is 9.47 Å². The van der Waals surface area contributed by atoms with Crippen molar-refractivity contribution in [2.24, 2.45) is 0 Å². The molecule has 2 rings (SSSR count). The highest BCUT2D eigenvalue weighted by atomic mass is 16.5. The fourth-order valence-corrected chi connectivity index (χ4v) is 1.65. The first-order chi connectivity index (χ1) is 8.24. The van der Waals surface area contributed by atoms with Crippen molar-refractivity contribution in [2.75, 3.05) is 20.0 Å². The SMILES string of the molecule is COc1ccc(-c2ccnc(N)c2)c(OC)c1. The quantitative estimate of drug-likeness (QED) is 0.879. The van der Waals surface area contributed by atoms with Crippen LogP contribution < -0.4 is 15.2 Å². The van der Waals surface area contributed by atoms with Crippen molar-refractivity contribution >= 4 is 5.82 Å². The number of nitrogen functional groups attached to an aromatic ring is 1. The molecule has 0 radical (unpaired) electrons. The van der Waals surface area contributed by atoms with E-state index in [1.54, 1.807) is 20.4 Å². The minimum absolute atomic E-state index is 0.486. The van der Waals surface area contributed by atoms with Crippen molar-refractivity contribution in [3.05, 3.63) is 36.5 Å². The van der Waals surface area contributed by atoms with Crippen molar-refractivity contribution in [1.82, 2.24) is 4.98 Å². The lowest BCUT2D eigenvalue weighted by Gasteiger charge is -2.10. The van der Waals surface area contributed by atoms with E-state index in [-0.39, 0.29) is 0 Å². The first-order valence-electron chi connectivity index (χ1n) is 5.18. The summed E-state index contributed by atoms with van der Waals surface area (Å²) in [7, 11) is 3.25. The number of aromatic nitrogens is 1. The van der Waals surface area contributed by atoms with E-state index in [0.717, 1.165) is 22.6 Å². The largest absolute Gasteiger partial charge is 0.497 e. The number of anilines is 1. The zero-order valence-electron chi connectivity index (χ0n) is 9.81. The zero-order chi connectivity index (χ0) is 12.3. The topological polar surface area (TPSA) is 57.4 Å². The Morgan fingerprint density at radius 3 is 2.53 bits per heavy atom. The Morgan fingerprint density at radius 1 is 1.06 bits per heavy atom. The minimum atomic E-state index is 0.486. The molecular formula is C13H14N2O2. The van der Waals surface area contributed by atoms with Gasteiger partial charge in [0.25, 0.3) is 0 Å². The van der Waals surface area contributed by atoms with Gasteiger partial charge in [-0.1, -0.05) is 0 Å². The van der Waals surface area contributed by atoms with Crippen LogP contribution in [0.1, 0.15) is 0 Å². The van der Waals surface area contributed by atoms with Crippen LogP contribution in [0.15, 0.2) is 36.5 Å². The fourth-order valence-electron chi connectivity index (χ4n) is 1.65. The molecule has 1 aromatic heterocycles. The van der Waals surface area contributed by atoms with E-state index in [1.807, 2.05) is 30.3 Å². The number of nitrogens with two attached hydrogens (primary N) is 1. The van der Waals surface area contributed by atoms with E-state index < -0.39 is 0 Å². The molecule has 4 heteroatoms. The van der Waals surface area contributed by atoms with E-state index in [9.17, 15) is 0 Å². The molecule has 0 unspecified atom stereocenters. The van der Waals surface area contributed by atoms with Gasteiger partial charge in [0.15, 0.2) is 0 Å².